The Kier molecular flexibility index (Phi) is 5.31. The van der Waals surface area contributed by atoms with Gasteiger partial charge in [-0.05, 0) is 42.0 Å². The van der Waals surface area contributed by atoms with Crippen LogP contribution in [0, 0.1) is 0 Å². The summed E-state index contributed by atoms with van der Waals surface area (Å²) in [7, 11) is -3.72. The van der Waals surface area contributed by atoms with Crippen LogP contribution in [0.1, 0.15) is 15.9 Å². The summed E-state index contributed by atoms with van der Waals surface area (Å²) in [5.74, 6) is 0.344. The molecule has 0 aliphatic rings. The number of hydrogen-bond donors (Lipinski definition) is 2. The van der Waals surface area contributed by atoms with Crippen LogP contribution in [0.4, 0.5) is 0 Å². The molecule has 0 saturated heterocycles. The molecule has 9 heteroatoms. The van der Waals surface area contributed by atoms with Crippen LogP contribution in [0.2, 0.25) is 0 Å². The van der Waals surface area contributed by atoms with Gasteiger partial charge < -0.3 is 10.1 Å². The summed E-state index contributed by atoms with van der Waals surface area (Å²) in [6.07, 6.45) is 1.65. The molecule has 0 aliphatic carbocycles. The molecule has 7 nitrogen and oxygen atoms in total. The van der Waals surface area contributed by atoms with Gasteiger partial charge in [0.05, 0.1) is 4.90 Å². The van der Waals surface area contributed by atoms with Crippen LogP contribution in [0.5, 0.6) is 10.9 Å². The smallest absolute Gasteiger partial charge is 0.278 e. The Bertz CT molecular complexity index is 984. The molecule has 134 valence electrons. The lowest BCUT2D eigenvalue weighted by Gasteiger charge is -2.07. The van der Waals surface area contributed by atoms with E-state index in [9.17, 15) is 13.2 Å². The third-order valence-corrected chi connectivity index (χ3v) is 5.01. The summed E-state index contributed by atoms with van der Waals surface area (Å²) in [5.41, 5.74) is 1.24. The molecular weight excluding hydrogens is 374 g/mol. The summed E-state index contributed by atoms with van der Waals surface area (Å²) in [6.45, 7) is 0.265. The normalized spacial score (nSPS) is 11.1. The number of primary sulfonamides is 1. The number of sulfonamides is 1. The number of aromatic nitrogens is 1. The monoisotopic (exact) mass is 389 g/mol. The molecule has 3 N–H and O–H groups in total. The first-order chi connectivity index (χ1) is 12.4. The van der Waals surface area contributed by atoms with Crippen molar-refractivity contribution in [3.63, 3.8) is 0 Å². The largest absolute Gasteiger partial charge is 0.431 e. The van der Waals surface area contributed by atoms with Gasteiger partial charge in [0.1, 0.15) is 5.75 Å². The molecule has 1 amide bonds. The summed E-state index contributed by atoms with van der Waals surface area (Å²) in [4.78, 5) is 16.3. The van der Waals surface area contributed by atoms with Crippen molar-refractivity contribution in [3.05, 3.63) is 71.2 Å². The SMILES string of the molecule is NS(=O)(=O)c1ccc(CNC(=O)c2ccc(Oc3nccs3)cc2)cc1. The molecule has 2 aromatic carbocycles. The highest BCUT2D eigenvalue weighted by molar-refractivity contribution is 7.89. The number of benzene rings is 2. The topological polar surface area (TPSA) is 111 Å². The van der Waals surface area contributed by atoms with Crippen LogP contribution in [-0.2, 0) is 16.6 Å². The minimum Gasteiger partial charge on any atom is -0.431 e. The molecular formula is C17H15N3O4S2. The van der Waals surface area contributed by atoms with E-state index in [-0.39, 0.29) is 17.3 Å². The minimum atomic E-state index is -3.72. The van der Waals surface area contributed by atoms with Crippen molar-refractivity contribution in [2.24, 2.45) is 5.14 Å². The molecule has 0 atom stereocenters. The first-order valence-corrected chi connectivity index (χ1v) is 9.92. The van der Waals surface area contributed by atoms with Crippen molar-refractivity contribution < 1.29 is 17.9 Å². The van der Waals surface area contributed by atoms with Crippen LogP contribution >= 0.6 is 11.3 Å². The molecule has 3 rings (SSSR count). The number of carbonyl (C=O) groups excluding carboxylic acids is 1. The van der Waals surface area contributed by atoms with E-state index in [1.165, 1.54) is 23.5 Å². The second-order valence-electron chi connectivity index (χ2n) is 5.30. The molecule has 0 radical (unpaired) electrons. The molecule has 0 spiro atoms. The number of hydrogen-bond acceptors (Lipinski definition) is 6. The van der Waals surface area contributed by atoms with Crippen LogP contribution < -0.4 is 15.2 Å². The van der Waals surface area contributed by atoms with Crippen molar-refractivity contribution in [2.45, 2.75) is 11.4 Å². The van der Waals surface area contributed by atoms with Crippen LogP contribution in [0.3, 0.4) is 0 Å². The number of amides is 1. The van der Waals surface area contributed by atoms with Gasteiger partial charge in [-0.2, -0.15) is 0 Å². The standard InChI is InChI=1S/C17H15N3O4S2/c18-26(22,23)15-7-1-12(2-8-15)11-20-16(21)13-3-5-14(6-4-13)24-17-19-9-10-25-17/h1-10H,11H2,(H,20,21)(H2,18,22,23). The maximum absolute atomic E-state index is 12.2. The summed E-state index contributed by atoms with van der Waals surface area (Å²) >= 11 is 1.38. The minimum absolute atomic E-state index is 0.0309. The van der Waals surface area contributed by atoms with E-state index in [0.29, 0.717) is 16.5 Å². The lowest BCUT2D eigenvalue weighted by molar-refractivity contribution is 0.0951. The van der Waals surface area contributed by atoms with Crippen molar-refractivity contribution in [2.75, 3.05) is 0 Å². The predicted octanol–water partition coefficient (Wildman–Crippen LogP) is 2.51. The first kappa shape index (κ1) is 18.1. The average Bonchev–Trinajstić information content (AvgIpc) is 3.13. The fourth-order valence-corrected chi connectivity index (χ4v) is 3.14. The molecule has 26 heavy (non-hydrogen) atoms. The first-order valence-electron chi connectivity index (χ1n) is 7.49. The van der Waals surface area contributed by atoms with E-state index in [1.54, 1.807) is 42.6 Å². The maximum Gasteiger partial charge on any atom is 0.278 e. The molecule has 0 unspecified atom stereocenters. The van der Waals surface area contributed by atoms with Gasteiger partial charge in [0.15, 0.2) is 0 Å². The van der Waals surface area contributed by atoms with Gasteiger partial charge in [0.25, 0.3) is 11.1 Å². The Morgan fingerprint density at radius 2 is 1.81 bits per heavy atom. The lowest BCUT2D eigenvalue weighted by atomic mass is 10.2. The van der Waals surface area contributed by atoms with Crippen molar-refractivity contribution in [3.8, 4) is 10.9 Å². The van der Waals surface area contributed by atoms with Gasteiger partial charge in [-0.15, -0.1) is 0 Å². The van der Waals surface area contributed by atoms with Gasteiger partial charge in [-0.3, -0.25) is 4.79 Å². The number of nitrogens with two attached hydrogens (primary N) is 1. The fourth-order valence-electron chi connectivity index (χ4n) is 2.12. The Morgan fingerprint density at radius 1 is 1.12 bits per heavy atom. The second kappa shape index (κ2) is 7.65. The summed E-state index contributed by atoms with van der Waals surface area (Å²) < 4.78 is 28.0. The summed E-state index contributed by atoms with van der Waals surface area (Å²) in [5, 5.41) is 10.2. The van der Waals surface area contributed by atoms with Gasteiger partial charge in [-0.1, -0.05) is 23.5 Å². The maximum atomic E-state index is 12.2. The van der Waals surface area contributed by atoms with Crippen LogP contribution in [0.15, 0.2) is 65.0 Å². The summed E-state index contributed by atoms with van der Waals surface area (Å²) in [6, 6.07) is 12.7. The number of rotatable bonds is 6. The number of thiazole rings is 1. The third-order valence-electron chi connectivity index (χ3n) is 3.44. The van der Waals surface area contributed by atoms with Crippen molar-refractivity contribution in [1.29, 1.82) is 0 Å². The molecule has 0 fully saturated rings. The number of ether oxygens (including phenoxy) is 1. The number of nitrogens with one attached hydrogen (secondary N) is 1. The van der Waals surface area contributed by atoms with E-state index in [1.807, 2.05) is 5.38 Å². The van der Waals surface area contributed by atoms with Gasteiger partial charge in [0, 0.05) is 23.7 Å². The zero-order valence-electron chi connectivity index (χ0n) is 13.5. The van der Waals surface area contributed by atoms with Gasteiger partial charge in [-0.25, -0.2) is 18.5 Å². The highest BCUT2D eigenvalue weighted by Gasteiger charge is 2.09. The predicted molar refractivity (Wildman–Crippen MR) is 97.6 cm³/mol. The lowest BCUT2D eigenvalue weighted by Crippen LogP contribution is -2.22. The second-order valence-corrected chi connectivity index (χ2v) is 7.71. The Hall–Kier alpha value is -2.75. The van der Waals surface area contributed by atoms with Gasteiger partial charge in [0.2, 0.25) is 10.0 Å². The Morgan fingerprint density at radius 3 is 2.38 bits per heavy atom. The molecule has 1 heterocycles. The average molecular weight is 389 g/mol. The molecule has 3 aromatic rings. The molecule has 0 saturated carbocycles. The highest BCUT2D eigenvalue weighted by Crippen LogP contribution is 2.23. The highest BCUT2D eigenvalue weighted by atomic mass is 32.2. The zero-order chi connectivity index (χ0) is 18.6. The van der Waals surface area contributed by atoms with E-state index >= 15 is 0 Å². The zero-order valence-corrected chi connectivity index (χ0v) is 15.1. The quantitative estimate of drug-likeness (QED) is 0.673. The van der Waals surface area contributed by atoms with E-state index < -0.39 is 10.0 Å². The number of nitrogens with zero attached hydrogens (tertiary/aromatic N) is 1. The van der Waals surface area contributed by atoms with Crippen LogP contribution in [-0.4, -0.2) is 19.3 Å². The fraction of sp³-hybridized carbons (Fsp3) is 0.0588. The molecule has 0 aliphatic heterocycles. The van der Waals surface area contributed by atoms with Gasteiger partial charge >= 0.3 is 0 Å². The van der Waals surface area contributed by atoms with Crippen LogP contribution in [0.25, 0.3) is 0 Å². The van der Waals surface area contributed by atoms with E-state index in [0.717, 1.165) is 5.56 Å². The Balaban J connectivity index is 1.58. The third kappa shape index (κ3) is 4.66. The van der Waals surface area contributed by atoms with Crippen molar-refractivity contribution in [1.82, 2.24) is 10.3 Å². The van der Waals surface area contributed by atoms with Crippen molar-refractivity contribution >= 4 is 27.3 Å². The van der Waals surface area contributed by atoms with E-state index in [4.69, 9.17) is 9.88 Å². The molecule has 1 aromatic heterocycles. The van der Waals surface area contributed by atoms with E-state index in [2.05, 4.69) is 10.3 Å². The molecule has 0 bridgehead atoms. The number of carbonyl (C=O) groups is 1. The Labute approximate surface area is 154 Å².